The molecule has 0 saturated heterocycles. The normalized spacial score (nSPS) is 29.4. The molecular weight excluding hydrogens is 102 g/mol. The van der Waals surface area contributed by atoms with E-state index in [9.17, 15) is 0 Å². The quantitative estimate of drug-likeness (QED) is 0.409. The summed E-state index contributed by atoms with van der Waals surface area (Å²) >= 11 is 0. The van der Waals surface area contributed by atoms with Crippen LogP contribution < -0.4 is 5.73 Å². The SMILES string of the molecule is N=C1CCC(N)C1=N. The summed E-state index contributed by atoms with van der Waals surface area (Å²) in [5, 5.41) is 14.2. The number of hydrogen-bond donors (Lipinski definition) is 3. The zero-order valence-corrected chi connectivity index (χ0v) is 4.57. The van der Waals surface area contributed by atoms with Gasteiger partial charge in [0.1, 0.15) is 0 Å². The van der Waals surface area contributed by atoms with Crippen LogP contribution in [0.4, 0.5) is 0 Å². The molecule has 1 atom stereocenters. The Bertz CT molecular complexity index is 139. The van der Waals surface area contributed by atoms with E-state index >= 15 is 0 Å². The number of nitrogens with one attached hydrogen (secondary N) is 2. The Labute approximate surface area is 47.9 Å². The fourth-order valence-corrected chi connectivity index (χ4v) is 0.803. The van der Waals surface area contributed by atoms with E-state index in [4.69, 9.17) is 16.6 Å². The first-order chi connectivity index (χ1) is 3.72. The van der Waals surface area contributed by atoms with Crippen molar-refractivity contribution in [3.05, 3.63) is 0 Å². The van der Waals surface area contributed by atoms with Crippen molar-refractivity contribution in [2.24, 2.45) is 5.73 Å². The molecule has 0 spiro atoms. The Kier molecular flexibility index (Phi) is 1.13. The molecule has 1 fully saturated rings. The summed E-state index contributed by atoms with van der Waals surface area (Å²) in [6, 6.07) is -0.150. The van der Waals surface area contributed by atoms with Crippen LogP contribution in [0.3, 0.4) is 0 Å². The third-order valence-corrected chi connectivity index (χ3v) is 1.40. The molecule has 44 valence electrons. The fraction of sp³-hybridized carbons (Fsp3) is 0.600. The van der Waals surface area contributed by atoms with Gasteiger partial charge in [0.05, 0.1) is 11.4 Å². The Morgan fingerprint density at radius 2 is 2.12 bits per heavy atom. The fourth-order valence-electron chi connectivity index (χ4n) is 0.803. The third kappa shape index (κ3) is 0.648. The van der Waals surface area contributed by atoms with E-state index in [0.29, 0.717) is 17.8 Å². The molecule has 1 saturated carbocycles. The zero-order chi connectivity index (χ0) is 6.15. The van der Waals surface area contributed by atoms with Gasteiger partial charge >= 0.3 is 0 Å². The van der Waals surface area contributed by atoms with Crippen LogP contribution in [0.1, 0.15) is 12.8 Å². The standard InChI is InChI=1S/C5H9N3/c6-3-1-2-4(7)5(3)8/h3,7-8H,1-2,6H2. The molecule has 0 aromatic heterocycles. The predicted molar refractivity (Wildman–Crippen MR) is 32.7 cm³/mol. The molecule has 1 aliphatic rings. The molecule has 0 aromatic carbocycles. The molecule has 4 N–H and O–H groups in total. The summed E-state index contributed by atoms with van der Waals surface area (Å²) in [4.78, 5) is 0. The average Bonchev–Trinajstić information content (AvgIpc) is 1.98. The van der Waals surface area contributed by atoms with Gasteiger partial charge in [0.15, 0.2) is 0 Å². The van der Waals surface area contributed by atoms with Gasteiger partial charge in [0.25, 0.3) is 0 Å². The van der Waals surface area contributed by atoms with Crippen LogP contribution >= 0.6 is 0 Å². The molecule has 3 heteroatoms. The van der Waals surface area contributed by atoms with Crippen molar-refractivity contribution in [1.29, 1.82) is 10.8 Å². The Morgan fingerprint density at radius 3 is 2.25 bits per heavy atom. The van der Waals surface area contributed by atoms with Crippen molar-refractivity contribution in [3.8, 4) is 0 Å². The summed E-state index contributed by atoms with van der Waals surface area (Å²) in [6.07, 6.45) is 1.48. The molecule has 3 nitrogen and oxygen atoms in total. The van der Waals surface area contributed by atoms with Gasteiger partial charge in [-0.1, -0.05) is 0 Å². The van der Waals surface area contributed by atoms with Crippen molar-refractivity contribution in [2.75, 3.05) is 0 Å². The zero-order valence-electron chi connectivity index (χ0n) is 4.57. The lowest BCUT2D eigenvalue weighted by Crippen LogP contribution is -2.26. The van der Waals surface area contributed by atoms with Crippen molar-refractivity contribution < 1.29 is 0 Å². The highest BCUT2D eigenvalue weighted by Crippen LogP contribution is 2.08. The maximum Gasteiger partial charge on any atom is 0.0688 e. The van der Waals surface area contributed by atoms with Crippen molar-refractivity contribution in [1.82, 2.24) is 0 Å². The van der Waals surface area contributed by atoms with E-state index in [1.165, 1.54) is 0 Å². The third-order valence-electron chi connectivity index (χ3n) is 1.40. The largest absolute Gasteiger partial charge is 0.323 e. The van der Waals surface area contributed by atoms with Gasteiger partial charge < -0.3 is 16.6 Å². The first-order valence-electron chi connectivity index (χ1n) is 2.63. The van der Waals surface area contributed by atoms with E-state index < -0.39 is 0 Å². The molecule has 1 unspecified atom stereocenters. The van der Waals surface area contributed by atoms with Crippen LogP contribution in [0.25, 0.3) is 0 Å². The maximum absolute atomic E-state index is 7.11. The number of rotatable bonds is 0. The minimum absolute atomic E-state index is 0.150. The smallest absolute Gasteiger partial charge is 0.0688 e. The molecule has 0 bridgehead atoms. The molecule has 0 heterocycles. The Hall–Kier alpha value is -0.700. The van der Waals surface area contributed by atoms with E-state index in [1.54, 1.807) is 0 Å². The van der Waals surface area contributed by atoms with Crippen LogP contribution in [0.2, 0.25) is 0 Å². The van der Waals surface area contributed by atoms with E-state index in [-0.39, 0.29) is 6.04 Å². The van der Waals surface area contributed by atoms with Gasteiger partial charge in [-0.2, -0.15) is 0 Å². The van der Waals surface area contributed by atoms with E-state index in [0.717, 1.165) is 6.42 Å². The lowest BCUT2D eigenvalue weighted by Gasteiger charge is -1.96. The summed E-state index contributed by atoms with van der Waals surface area (Å²) < 4.78 is 0. The van der Waals surface area contributed by atoms with Crippen LogP contribution in [0, 0.1) is 10.8 Å². The number of nitrogens with two attached hydrogens (primary N) is 1. The van der Waals surface area contributed by atoms with Crippen molar-refractivity contribution in [2.45, 2.75) is 18.9 Å². The Balaban J connectivity index is 2.71. The molecular formula is C5H9N3. The summed E-state index contributed by atoms with van der Waals surface area (Å²) in [7, 11) is 0. The molecule has 1 aliphatic carbocycles. The van der Waals surface area contributed by atoms with Gasteiger partial charge in [0.2, 0.25) is 0 Å². The molecule has 0 radical (unpaired) electrons. The lowest BCUT2D eigenvalue weighted by molar-refractivity contribution is 0.819. The molecule has 0 aliphatic heterocycles. The maximum atomic E-state index is 7.11. The molecule has 8 heavy (non-hydrogen) atoms. The van der Waals surface area contributed by atoms with Gasteiger partial charge in [-0.15, -0.1) is 0 Å². The molecule has 0 amide bonds. The van der Waals surface area contributed by atoms with E-state index in [2.05, 4.69) is 0 Å². The van der Waals surface area contributed by atoms with Gasteiger partial charge in [-0.05, 0) is 12.8 Å². The first kappa shape index (κ1) is 5.44. The highest BCUT2D eigenvalue weighted by atomic mass is 14.7. The van der Waals surface area contributed by atoms with Gasteiger partial charge in [0, 0.05) is 6.04 Å². The summed E-state index contributed by atoms with van der Waals surface area (Å²) in [5.74, 6) is 0. The van der Waals surface area contributed by atoms with Crippen LogP contribution in [-0.4, -0.2) is 17.5 Å². The second-order valence-corrected chi connectivity index (χ2v) is 2.04. The first-order valence-corrected chi connectivity index (χ1v) is 2.63. The summed E-state index contributed by atoms with van der Waals surface area (Å²) in [5.41, 5.74) is 6.14. The Morgan fingerprint density at radius 1 is 1.50 bits per heavy atom. The predicted octanol–water partition coefficient (Wildman–Crippen LogP) is 0.147. The number of hydrogen-bond acceptors (Lipinski definition) is 3. The molecule has 0 aromatic rings. The van der Waals surface area contributed by atoms with Crippen molar-refractivity contribution in [3.63, 3.8) is 0 Å². The second kappa shape index (κ2) is 1.67. The topological polar surface area (TPSA) is 73.7 Å². The lowest BCUT2D eigenvalue weighted by atomic mass is 10.2. The van der Waals surface area contributed by atoms with Gasteiger partial charge in [-0.25, -0.2) is 0 Å². The van der Waals surface area contributed by atoms with Crippen LogP contribution in [0.15, 0.2) is 0 Å². The monoisotopic (exact) mass is 111 g/mol. The second-order valence-electron chi connectivity index (χ2n) is 2.04. The van der Waals surface area contributed by atoms with E-state index in [1.807, 2.05) is 0 Å². The average molecular weight is 111 g/mol. The highest BCUT2D eigenvalue weighted by molar-refractivity contribution is 6.43. The van der Waals surface area contributed by atoms with Gasteiger partial charge in [-0.3, -0.25) is 0 Å². The van der Waals surface area contributed by atoms with Crippen LogP contribution in [0.5, 0.6) is 0 Å². The molecule has 1 rings (SSSR count). The minimum atomic E-state index is -0.150. The minimum Gasteiger partial charge on any atom is -0.323 e. The summed E-state index contributed by atoms with van der Waals surface area (Å²) in [6.45, 7) is 0. The van der Waals surface area contributed by atoms with Crippen molar-refractivity contribution >= 4 is 11.4 Å². The highest BCUT2D eigenvalue weighted by Gasteiger charge is 2.21. The van der Waals surface area contributed by atoms with Crippen LogP contribution in [-0.2, 0) is 0 Å².